The number of rotatable bonds is 2. The van der Waals surface area contributed by atoms with Gasteiger partial charge in [0, 0.05) is 25.2 Å². The Balaban J connectivity index is 1.88. The third-order valence-electron chi connectivity index (χ3n) is 3.54. The van der Waals surface area contributed by atoms with Crippen LogP contribution in [0, 0.1) is 11.7 Å². The van der Waals surface area contributed by atoms with Gasteiger partial charge in [0.1, 0.15) is 5.82 Å². The second-order valence-corrected chi connectivity index (χ2v) is 5.27. The van der Waals surface area contributed by atoms with Crippen molar-refractivity contribution in [2.45, 2.75) is 26.3 Å². The molecular weight excluding hydrogens is 259 g/mol. The van der Waals surface area contributed by atoms with Gasteiger partial charge in [0.2, 0.25) is 0 Å². The maximum absolute atomic E-state index is 13.4. The molecule has 1 N–H and O–H groups in total. The highest BCUT2D eigenvalue weighted by molar-refractivity contribution is 6.34. The zero-order valence-electron chi connectivity index (χ0n) is 11.6. The molecule has 1 aliphatic rings. The average molecular weight is 278 g/mol. The van der Waals surface area contributed by atoms with Crippen LogP contribution >= 0.6 is 0 Å². The van der Waals surface area contributed by atoms with Gasteiger partial charge in [0.15, 0.2) is 0 Å². The van der Waals surface area contributed by atoms with E-state index in [0.717, 1.165) is 12.8 Å². The topological polar surface area (TPSA) is 49.4 Å². The van der Waals surface area contributed by atoms with Gasteiger partial charge in [-0.05, 0) is 24.8 Å². The van der Waals surface area contributed by atoms with Crippen molar-refractivity contribution < 1.29 is 14.0 Å². The van der Waals surface area contributed by atoms with Crippen LogP contribution in [0.25, 0.3) is 0 Å². The van der Waals surface area contributed by atoms with Gasteiger partial charge in [0.05, 0.1) is 0 Å². The number of nitrogens with one attached hydrogen (secondary N) is 1. The number of hydrogen-bond acceptors (Lipinski definition) is 2. The highest BCUT2D eigenvalue weighted by atomic mass is 19.1. The summed E-state index contributed by atoms with van der Waals surface area (Å²) in [6, 6.07) is 6.19. The molecule has 1 unspecified atom stereocenters. The molecule has 1 aromatic rings. The molecule has 1 aromatic carbocycles. The van der Waals surface area contributed by atoms with E-state index in [4.69, 9.17) is 0 Å². The molecule has 1 heterocycles. The lowest BCUT2D eigenvalue weighted by atomic mass is 10.0. The summed E-state index contributed by atoms with van der Waals surface area (Å²) in [5.41, 5.74) is 0.376. The zero-order valence-corrected chi connectivity index (χ0v) is 11.6. The first-order chi connectivity index (χ1) is 9.58. The van der Waals surface area contributed by atoms with Crippen LogP contribution < -0.4 is 5.32 Å². The molecule has 2 rings (SSSR count). The highest BCUT2D eigenvalue weighted by Crippen LogP contribution is 2.15. The maximum Gasteiger partial charge on any atom is 0.311 e. The monoisotopic (exact) mass is 278 g/mol. The molecule has 4 nitrogen and oxygen atoms in total. The summed E-state index contributed by atoms with van der Waals surface area (Å²) >= 11 is 0. The van der Waals surface area contributed by atoms with Gasteiger partial charge in [-0.2, -0.15) is 0 Å². The molecule has 1 fully saturated rings. The molecule has 5 heteroatoms. The zero-order chi connectivity index (χ0) is 14.5. The molecule has 0 aliphatic carbocycles. The second kappa shape index (κ2) is 6.50. The molecule has 20 heavy (non-hydrogen) atoms. The van der Waals surface area contributed by atoms with E-state index in [-0.39, 0.29) is 12.4 Å². The molecule has 0 radical (unpaired) electrons. The Labute approximate surface area is 118 Å². The van der Waals surface area contributed by atoms with Crippen LogP contribution in [0.4, 0.5) is 4.39 Å². The fourth-order valence-electron chi connectivity index (χ4n) is 2.41. The predicted molar refractivity (Wildman–Crippen MR) is 73.2 cm³/mol. The van der Waals surface area contributed by atoms with Crippen LogP contribution in [-0.2, 0) is 16.1 Å². The second-order valence-electron chi connectivity index (χ2n) is 5.27. The Bertz CT molecular complexity index is 504. The average Bonchev–Trinajstić information content (AvgIpc) is 2.45. The summed E-state index contributed by atoms with van der Waals surface area (Å²) in [6.07, 6.45) is 2.01. The minimum Gasteiger partial charge on any atom is -0.344 e. The van der Waals surface area contributed by atoms with Gasteiger partial charge >= 0.3 is 11.8 Å². The molecule has 0 aromatic heterocycles. The van der Waals surface area contributed by atoms with Gasteiger partial charge in [-0.1, -0.05) is 25.1 Å². The van der Waals surface area contributed by atoms with Crippen molar-refractivity contribution in [3.63, 3.8) is 0 Å². The van der Waals surface area contributed by atoms with E-state index < -0.39 is 11.8 Å². The molecule has 0 spiro atoms. The predicted octanol–water partition coefficient (Wildman–Crippen LogP) is 1.70. The van der Waals surface area contributed by atoms with Crippen molar-refractivity contribution >= 4 is 11.8 Å². The third-order valence-corrected chi connectivity index (χ3v) is 3.54. The number of piperidine rings is 1. The van der Waals surface area contributed by atoms with E-state index >= 15 is 0 Å². The minimum atomic E-state index is -0.664. The minimum absolute atomic E-state index is 0.0284. The molecule has 1 aliphatic heterocycles. The van der Waals surface area contributed by atoms with Crippen LogP contribution in [0.3, 0.4) is 0 Å². The van der Waals surface area contributed by atoms with Crippen molar-refractivity contribution in [3.05, 3.63) is 35.6 Å². The summed E-state index contributed by atoms with van der Waals surface area (Å²) < 4.78 is 13.4. The number of halogens is 1. The van der Waals surface area contributed by atoms with Crippen molar-refractivity contribution in [2.75, 3.05) is 13.1 Å². The summed E-state index contributed by atoms with van der Waals surface area (Å²) in [4.78, 5) is 25.4. The first-order valence-electron chi connectivity index (χ1n) is 6.88. The van der Waals surface area contributed by atoms with Crippen LogP contribution in [0.5, 0.6) is 0 Å². The van der Waals surface area contributed by atoms with E-state index in [0.29, 0.717) is 24.6 Å². The molecule has 2 amide bonds. The maximum atomic E-state index is 13.4. The number of amides is 2. The summed E-state index contributed by atoms with van der Waals surface area (Å²) in [6.45, 7) is 3.33. The third kappa shape index (κ3) is 3.56. The molecular formula is C15H19FN2O2. The molecule has 1 atom stereocenters. The van der Waals surface area contributed by atoms with Crippen molar-refractivity contribution in [2.24, 2.45) is 5.92 Å². The van der Waals surface area contributed by atoms with Gasteiger partial charge in [0.25, 0.3) is 0 Å². The van der Waals surface area contributed by atoms with Crippen LogP contribution in [-0.4, -0.2) is 29.8 Å². The number of nitrogens with zero attached hydrogens (tertiary/aromatic N) is 1. The van der Waals surface area contributed by atoms with E-state index in [1.165, 1.54) is 6.07 Å². The summed E-state index contributed by atoms with van der Waals surface area (Å²) in [5, 5.41) is 2.48. The summed E-state index contributed by atoms with van der Waals surface area (Å²) in [7, 11) is 0. The van der Waals surface area contributed by atoms with E-state index in [1.807, 2.05) is 0 Å². The first-order valence-corrected chi connectivity index (χ1v) is 6.88. The Morgan fingerprint density at radius 3 is 2.85 bits per heavy atom. The highest BCUT2D eigenvalue weighted by Gasteiger charge is 2.25. The van der Waals surface area contributed by atoms with Crippen molar-refractivity contribution in [1.82, 2.24) is 10.2 Å². The molecule has 1 saturated heterocycles. The molecule has 0 saturated carbocycles. The lowest BCUT2D eigenvalue weighted by Crippen LogP contribution is -2.46. The number of likely N-dealkylation sites (tertiary alicyclic amines) is 1. The number of benzene rings is 1. The SMILES string of the molecule is CC1CCCN(C(=O)C(=O)NCc2ccccc2F)C1. The summed E-state index contributed by atoms with van der Waals surface area (Å²) in [5.74, 6) is -1.14. The Morgan fingerprint density at radius 2 is 2.15 bits per heavy atom. The van der Waals surface area contributed by atoms with Crippen LogP contribution in [0.2, 0.25) is 0 Å². The van der Waals surface area contributed by atoms with Crippen LogP contribution in [0.1, 0.15) is 25.3 Å². The van der Waals surface area contributed by atoms with Gasteiger partial charge < -0.3 is 10.2 Å². The largest absolute Gasteiger partial charge is 0.344 e. The van der Waals surface area contributed by atoms with Crippen LogP contribution in [0.15, 0.2) is 24.3 Å². The van der Waals surface area contributed by atoms with E-state index in [2.05, 4.69) is 12.2 Å². The number of hydrogen-bond donors (Lipinski definition) is 1. The Morgan fingerprint density at radius 1 is 1.40 bits per heavy atom. The Hall–Kier alpha value is -1.91. The van der Waals surface area contributed by atoms with Crippen molar-refractivity contribution in [3.8, 4) is 0 Å². The van der Waals surface area contributed by atoms with Gasteiger partial charge in [-0.15, -0.1) is 0 Å². The van der Waals surface area contributed by atoms with E-state index in [9.17, 15) is 14.0 Å². The number of carbonyl (C=O) groups is 2. The fourth-order valence-corrected chi connectivity index (χ4v) is 2.41. The lowest BCUT2D eigenvalue weighted by Gasteiger charge is -2.30. The standard InChI is InChI=1S/C15H19FN2O2/c1-11-5-4-8-18(10-11)15(20)14(19)17-9-12-6-2-3-7-13(12)16/h2-3,6-7,11H,4-5,8-10H2,1H3,(H,17,19). The van der Waals surface area contributed by atoms with Crippen molar-refractivity contribution in [1.29, 1.82) is 0 Å². The van der Waals surface area contributed by atoms with E-state index in [1.54, 1.807) is 23.1 Å². The number of carbonyl (C=O) groups excluding carboxylic acids is 2. The smallest absolute Gasteiger partial charge is 0.311 e. The lowest BCUT2D eigenvalue weighted by molar-refractivity contribution is -0.147. The fraction of sp³-hybridized carbons (Fsp3) is 0.467. The normalized spacial score (nSPS) is 18.7. The molecule has 108 valence electrons. The first kappa shape index (κ1) is 14.5. The molecule has 0 bridgehead atoms. The Kier molecular flexibility index (Phi) is 4.71. The quantitative estimate of drug-likeness (QED) is 0.837. The van der Waals surface area contributed by atoms with Gasteiger partial charge in [-0.25, -0.2) is 4.39 Å². The van der Waals surface area contributed by atoms with Gasteiger partial charge in [-0.3, -0.25) is 9.59 Å².